The molecule has 1 aliphatic heterocycles. The van der Waals surface area contributed by atoms with Crippen LogP contribution in [0.3, 0.4) is 0 Å². The van der Waals surface area contributed by atoms with E-state index in [2.05, 4.69) is 0 Å². The molecule has 170 valence electrons. The summed E-state index contributed by atoms with van der Waals surface area (Å²) in [5.74, 6) is -1.40. The number of rotatable bonds is 5. The molecule has 10 atom stereocenters. The van der Waals surface area contributed by atoms with Gasteiger partial charge in [0.25, 0.3) is 0 Å². The average molecular weight is 424 g/mol. The second kappa shape index (κ2) is 9.50. The number of ether oxygens (including phenoxy) is 3. The second-order valence-electron chi connectivity index (χ2n) is 8.69. The lowest BCUT2D eigenvalue weighted by Gasteiger charge is -2.42. The minimum absolute atomic E-state index is 0.0341. The summed E-state index contributed by atoms with van der Waals surface area (Å²) in [5, 5.41) is 69.4. The highest BCUT2D eigenvalue weighted by atomic mass is 16.7. The third kappa shape index (κ3) is 5.43. The first-order chi connectivity index (χ1) is 13.4. The molecule has 2 aliphatic rings. The fraction of sp³-hybridized carbons (Fsp3) is 0.944. The van der Waals surface area contributed by atoms with Crippen LogP contribution in [0.4, 0.5) is 0 Å². The summed E-state index contributed by atoms with van der Waals surface area (Å²) < 4.78 is 16.0. The van der Waals surface area contributed by atoms with Crippen LogP contribution >= 0.6 is 0 Å². The van der Waals surface area contributed by atoms with E-state index in [1.54, 1.807) is 20.8 Å². The molecule has 6 unspecified atom stereocenters. The summed E-state index contributed by atoms with van der Waals surface area (Å²) in [4.78, 5) is 12.1. The first-order valence-corrected chi connectivity index (χ1v) is 9.55. The number of hydrogen-bond donors (Lipinski definition) is 7. The largest absolute Gasteiger partial charge is 0.432 e. The van der Waals surface area contributed by atoms with Gasteiger partial charge in [0.05, 0.1) is 24.2 Å². The molecule has 0 aromatic heterocycles. The minimum Gasteiger partial charge on any atom is -0.432 e. The van der Waals surface area contributed by atoms with Gasteiger partial charge >= 0.3 is 5.97 Å². The Kier molecular flexibility index (Phi) is 7.99. The van der Waals surface area contributed by atoms with Gasteiger partial charge in [-0.3, -0.25) is 4.79 Å². The van der Waals surface area contributed by atoms with Crippen molar-refractivity contribution in [2.75, 3.05) is 13.2 Å². The van der Waals surface area contributed by atoms with Crippen LogP contribution in [0.1, 0.15) is 27.2 Å². The lowest BCUT2D eigenvalue weighted by Crippen LogP contribution is -2.61. The Bertz CT molecular complexity index is 548. The second-order valence-corrected chi connectivity index (χ2v) is 8.69. The van der Waals surface area contributed by atoms with Crippen LogP contribution in [0, 0.1) is 11.3 Å². The van der Waals surface area contributed by atoms with Gasteiger partial charge in [-0.05, 0) is 27.2 Å². The fourth-order valence-corrected chi connectivity index (χ4v) is 3.28. The Morgan fingerprint density at radius 2 is 1.52 bits per heavy atom. The number of carbonyl (C=O) groups is 1. The molecular weight excluding hydrogens is 392 g/mol. The molecule has 1 heterocycles. The van der Waals surface area contributed by atoms with Gasteiger partial charge in [0.1, 0.15) is 36.6 Å². The maximum absolute atomic E-state index is 12.1. The van der Waals surface area contributed by atoms with Crippen LogP contribution < -0.4 is 0 Å². The highest BCUT2D eigenvalue weighted by Crippen LogP contribution is 2.30. The Labute approximate surface area is 168 Å². The summed E-state index contributed by atoms with van der Waals surface area (Å²) in [6, 6.07) is 0. The van der Waals surface area contributed by atoms with Crippen molar-refractivity contribution >= 4 is 5.97 Å². The Hall–Kier alpha value is -0.890. The van der Waals surface area contributed by atoms with E-state index >= 15 is 0 Å². The topological polar surface area (TPSA) is 186 Å². The zero-order valence-electron chi connectivity index (χ0n) is 16.7. The van der Waals surface area contributed by atoms with Gasteiger partial charge in [0, 0.05) is 12.5 Å². The van der Waals surface area contributed by atoms with E-state index in [9.17, 15) is 40.5 Å². The minimum atomic E-state index is -1.68. The molecule has 0 amide bonds. The smallest absolute Gasteiger partial charge is 0.313 e. The van der Waals surface area contributed by atoms with Crippen molar-refractivity contribution in [1.29, 1.82) is 0 Å². The van der Waals surface area contributed by atoms with Gasteiger partial charge in [-0.2, -0.15) is 0 Å². The summed E-state index contributed by atoms with van der Waals surface area (Å²) >= 11 is 0. The van der Waals surface area contributed by atoms with E-state index in [0.29, 0.717) is 0 Å². The van der Waals surface area contributed by atoms with Crippen LogP contribution in [0.5, 0.6) is 0 Å². The van der Waals surface area contributed by atoms with Crippen molar-refractivity contribution in [1.82, 2.24) is 0 Å². The molecular formula is C18H32O11. The van der Waals surface area contributed by atoms with Crippen molar-refractivity contribution < 1.29 is 54.8 Å². The summed E-state index contributed by atoms with van der Waals surface area (Å²) in [6.45, 7) is 3.98. The molecule has 0 spiro atoms. The molecule has 1 saturated carbocycles. The number of carbonyl (C=O) groups excluding carboxylic acids is 1. The van der Waals surface area contributed by atoms with Crippen molar-refractivity contribution in [3.63, 3.8) is 0 Å². The SMILES string of the molecule is CC(C)(C)C(=O)OC1O[C@H](COC2CC(CO)C(O)C(O)C2O)[C@@H](O)[C@H](O)[C@@H]1O. The van der Waals surface area contributed by atoms with Crippen molar-refractivity contribution in [3.8, 4) is 0 Å². The predicted octanol–water partition coefficient (Wildman–Crippen LogP) is -3.14. The molecule has 1 saturated heterocycles. The Morgan fingerprint density at radius 1 is 0.931 bits per heavy atom. The van der Waals surface area contributed by atoms with Crippen LogP contribution in [0.2, 0.25) is 0 Å². The van der Waals surface area contributed by atoms with Crippen LogP contribution in [0.15, 0.2) is 0 Å². The Morgan fingerprint density at radius 3 is 2.07 bits per heavy atom. The number of aliphatic hydroxyl groups excluding tert-OH is 7. The Balaban J connectivity index is 2.02. The van der Waals surface area contributed by atoms with Crippen molar-refractivity contribution in [2.24, 2.45) is 11.3 Å². The maximum atomic E-state index is 12.1. The molecule has 2 fully saturated rings. The van der Waals surface area contributed by atoms with Gasteiger partial charge in [-0.25, -0.2) is 0 Å². The van der Waals surface area contributed by atoms with Gasteiger partial charge in [-0.15, -0.1) is 0 Å². The van der Waals surface area contributed by atoms with Crippen LogP contribution in [-0.4, -0.2) is 110 Å². The van der Waals surface area contributed by atoms with Crippen LogP contribution in [0.25, 0.3) is 0 Å². The van der Waals surface area contributed by atoms with Gasteiger partial charge < -0.3 is 50.0 Å². The van der Waals surface area contributed by atoms with E-state index < -0.39 is 79.0 Å². The van der Waals surface area contributed by atoms with E-state index in [1.807, 2.05) is 0 Å². The van der Waals surface area contributed by atoms with Crippen molar-refractivity contribution in [3.05, 3.63) is 0 Å². The first-order valence-electron chi connectivity index (χ1n) is 9.55. The van der Waals surface area contributed by atoms with E-state index in [1.165, 1.54) is 0 Å². The fourth-order valence-electron chi connectivity index (χ4n) is 3.28. The normalized spacial score (nSPS) is 43.8. The molecule has 7 N–H and O–H groups in total. The molecule has 0 aromatic rings. The lowest BCUT2D eigenvalue weighted by molar-refractivity contribution is -0.300. The molecule has 0 aromatic carbocycles. The third-order valence-corrected chi connectivity index (χ3v) is 5.31. The zero-order chi connectivity index (χ0) is 22.1. The van der Waals surface area contributed by atoms with Gasteiger partial charge in [-0.1, -0.05) is 0 Å². The number of aliphatic hydroxyl groups is 7. The molecule has 29 heavy (non-hydrogen) atoms. The summed E-state index contributed by atoms with van der Waals surface area (Å²) in [5.41, 5.74) is -0.890. The van der Waals surface area contributed by atoms with E-state index in [-0.39, 0.29) is 13.0 Å². The maximum Gasteiger partial charge on any atom is 0.313 e. The van der Waals surface area contributed by atoms with E-state index in [4.69, 9.17) is 14.2 Å². The van der Waals surface area contributed by atoms with Crippen molar-refractivity contribution in [2.45, 2.75) is 82.3 Å². The standard InChI is InChI=1S/C18H32O11/c1-18(2,3)17(26)29-16-15(25)14(24)12(22)9(28-16)6-27-8-4-7(5-19)10(20)13(23)11(8)21/h7-16,19-25H,4-6H2,1-3H3/t7?,8?,9-,10?,11?,12-,13?,14+,15+,16?/m1/s1. The average Bonchev–Trinajstić information content (AvgIpc) is 2.66. The zero-order valence-corrected chi connectivity index (χ0v) is 16.7. The predicted molar refractivity (Wildman–Crippen MR) is 95.2 cm³/mol. The van der Waals surface area contributed by atoms with Gasteiger partial charge in [0.15, 0.2) is 0 Å². The summed E-state index contributed by atoms with van der Waals surface area (Å²) in [7, 11) is 0. The van der Waals surface area contributed by atoms with Gasteiger partial charge in [0.2, 0.25) is 6.29 Å². The third-order valence-electron chi connectivity index (χ3n) is 5.31. The quantitative estimate of drug-likeness (QED) is 0.221. The monoisotopic (exact) mass is 424 g/mol. The van der Waals surface area contributed by atoms with Crippen LogP contribution in [-0.2, 0) is 19.0 Å². The number of hydrogen-bond acceptors (Lipinski definition) is 11. The lowest BCUT2D eigenvalue weighted by atomic mass is 9.81. The van der Waals surface area contributed by atoms with E-state index in [0.717, 1.165) is 0 Å². The first kappa shape index (κ1) is 24.4. The molecule has 11 heteroatoms. The highest BCUT2D eigenvalue weighted by molar-refractivity contribution is 5.75. The molecule has 2 rings (SSSR count). The molecule has 1 aliphatic carbocycles. The summed E-state index contributed by atoms with van der Waals surface area (Å²) in [6.07, 6.45) is -12.9. The molecule has 0 radical (unpaired) electrons. The highest BCUT2D eigenvalue weighted by Gasteiger charge is 2.48. The number of esters is 1. The molecule has 0 bridgehead atoms. The molecule has 11 nitrogen and oxygen atoms in total.